The van der Waals surface area contributed by atoms with Gasteiger partial charge in [-0.15, -0.1) is 0 Å². The van der Waals surface area contributed by atoms with Crippen molar-refractivity contribution in [3.8, 4) is 0 Å². The summed E-state index contributed by atoms with van der Waals surface area (Å²) >= 11 is 0. The maximum atomic E-state index is 11.4. The summed E-state index contributed by atoms with van der Waals surface area (Å²) in [5.74, 6) is -0.348. The molecule has 0 radical (unpaired) electrons. The molecule has 2 aromatic rings. The van der Waals surface area contributed by atoms with Gasteiger partial charge in [0.15, 0.2) is 0 Å². The Labute approximate surface area is 118 Å². The van der Waals surface area contributed by atoms with Gasteiger partial charge in [0.2, 0.25) is 0 Å². The Hall–Kier alpha value is -2.29. The van der Waals surface area contributed by atoms with Crippen molar-refractivity contribution in [2.45, 2.75) is 12.8 Å². The summed E-state index contributed by atoms with van der Waals surface area (Å²) in [6.45, 7) is 3.61. The van der Waals surface area contributed by atoms with Crippen molar-refractivity contribution in [1.82, 2.24) is 0 Å². The van der Waals surface area contributed by atoms with Crippen LogP contribution in [0.2, 0.25) is 0 Å². The third-order valence-corrected chi connectivity index (χ3v) is 3.96. The lowest BCUT2D eigenvalue weighted by atomic mass is 9.90. The van der Waals surface area contributed by atoms with Crippen LogP contribution in [0.1, 0.15) is 27.4 Å². The SMILES string of the molecule is Cc1cccc(N2CC(c3ccccc3)C2)c1C(=O)O. The average Bonchev–Trinajstić information content (AvgIpc) is 2.38. The molecule has 1 fully saturated rings. The monoisotopic (exact) mass is 267 g/mol. The highest BCUT2D eigenvalue weighted by Gasteiger charge is 2.30. The second-order valence-corrected chi connectivity index (χ2v) is 5.29. The average molecular weight is 267 g/mol. The highest BCUT2D eigenvalue weighted by atomic mass is 16.4. The van der Waals surface area contributed by atoms with Gasteiger partial charge in [-0.1, -0.05) is 42.5 Å². The van der Waals surface area contributed by atoms with Crippen molar-refractivity contribution >= 4 is 11.7 Å². The van der Waals surface area contributed by atoms with Crippen molar-refractivity contribution in [3.05, 3.63) is 65.2 Å². The van der Waals surface area contributed by atoms with Crippen LogP contribution >= 0.6 is 0 Å². The molecular formula is C17H17NO2. The van der Waals surface area contributed by atoms with Crippen LogP contribution in [0.3, 0.4) is 0 Å². The molecule has 1 aliphatic rings. The highest BCUT2D eigenvalue weighted by Crippen LogP contribution is 2.34. The molecule has 0 amide bonds. The summed E-state index contributed by atoms with van der Waals surface area (Å²) in [6.07, 6.45) is 0. The molecular weight excluding hydrogens is 250 g/mol. The number of hydrogen-bond donors (Lipinski definition) is 1. The molecule has 0 atom stereocenters. The molecule has 3 rings (SSSR count). The Bertz CT molecular complexity index is 631. The zero-order valence-corrected chi connectivity index (χ0v) is 11.4. The van der Waals surface area contributed by atoms with Crippen LogP contribution in [0.4, 0.5) is 5.69 Å². The van der Waals surface area contributed by atoms with E-state index < -0.39 is 5.97 Å². The summed E-state index contributed by atoms with van der Waals surface area (Å²) in [7, 11) is 0. The van der Waals surface area contributed by atoms with Crippen LogP contribution < -0.4 is 4.90 Å². The molecule has 0 aromatic heterocycles. The molecule has 0 aliphatic carbocycles. The molecule has 0 spiro atoms. The van der Waals surface area contributed by atoms with E-state index >= 15 is 0 Å². The summed E-state index contributed by atoms with van der Waals surface area (Å²) < 4.78 is 0. The van der Waals surface area contributed by atoms with Crippen LogP contribution in [0, 0.1) is 6.92 Å². The van der Waals surface area contributed by atoms with E-state index in [-0.39, 0.29) is 0 Å². The van der Waals surface area contributed by atoms with Gasteiger partial charge in [0, 0.05) is 19.0 Å². The maximum absolute atomic E-state index is 11.4. The topological polar surface area (TPSA) is 40.5 Å². The molecule has 20 heavy (non-hydrogen) atoms. The number of carbonyl (C=O) groups is 1. The van der Waals surface area contributed by atoms with Gasteiger partial charge in [-0.05, 0) is 24.1 Å². The molecule has 102 valence electrons. The predicted octanol–water partition coefficient (Wildman–Crippen LogP) is 3.30. The van der Waals surface area contributed by atoms with E-state index in [0.29, 0.717) is 11.5 Å². The van der Waals surface area contributed by atoms with E-state index in [1.165, 1.54) is 5.56 Å². The normalized spacial score (nSPS) is 14.9. The summed E-state index contributed by atoms with van der Waals surface area (Å²) in [5, 5.41) is 9.37. The molecule has 1 heterocycles. The first-order valence-electron chi connectivity index (χ1n) is 6.79. The minimum Gasteiger partial charge on any atom is -0.478 e. The lowest BCUT2D eigenvalue weighted by molar-refractivity contribution is 0.0696. The Kier molecular flexibility index (Phi) is 3.18. The molecule has 3 heteroatoms. The van der Waals surface area contributed by atoms with Gasteiger partial charge < -0.3 is 10.0 Å². The minimum atomic E-state index is -0.846. The van der Waals surface area contributed by atoms with Crippen LogP contribution in [-0.4, -0.2) is 24.2 Å². The van der Waals surface area contributed by atoms with Crippen molar-refractivity contribution in [1.29, 1.82) is 0 Å². The first-order chi connectivity index (χ1) is 9.66. The maximum Gasteiger partial charge on any atom is 0.338 e. The van der Waals surface area contributed by atoms with Gasteiger partial charge in [0.05, 0.1) is 11.3 Å². The van der Waals surface area contributed by atoms with Gasteiger partial charge in [-0.3, -0.25) is 0 Å². The molecule has 0 bridgehead atoms. The second kappa shape index (κ2) is 5.00. The number of carboxylic acid groups (broad SMARTS) is 1. The molecule has 3 nitrogen and oxygen atoms in total. The minimum absolute atomic E-state index is 0.430. The Morgan fingerprint density at radius 2 is 1.80 bits per heavy atom. The number of nitrogens with zero attached hydrogens (tertiary/aromatic N) is 1. The molecule has 1 saturated heterocycles. The molecule has 2 aromatic carbocycles. The van der Waals surface area contributed by atoms with Crippen molar-refractivity contribution in [2.24, 2.45) is 0 Å². The summed E-state index contributed by atoms with van der Waals surface area (Å²) in [6, 6.07) is 16.1. The lowest BCUT2D eigenvalue weighted by Gasteiger charge is -2.42. The van der Waals surface area contributed by atoms with Crippen molar-refractivity contribution in [3.63, 3.8) is 0 Å². The van der Waals surface area contributed by atoms with Crippen molar-refractivity contribution < 1.29 is 9.90 Å². The first kappa shape index (κ1) is 12.7. The first-order valence-corrected chi connectivity index (χ1v) is 6.79. The van der Waals surface area contributed by atoms with Gasteiger partial charge >= 0.3 is 5.97 Å². The third kappa shape index (κ3) is 2.16. The highest BCUT2D eigenvalue weighted by molar-refractivity contribution is 5.96. The van der Waals surface area contributed by atoms with Gasteiger partial charge in [0.25, 0.3) is 0 Å². The molecule has 0 saturated carbocycles. The largest absolute Gasteiger partial charge is 0.478 e. The quantitative estimate of drug-likeness (QED) is 0.927. The van der Waals surface area contributed by atoms with Crippen LogP contribution in [0.25, 0.3) is 0 Å². The molecule has 1 aliphatic heterocycles. The van der Waals surface area contributed by atoms with E-state index in [1.54, 1.807) is 0 Å². The van der Waals surface area contributed by atoms with Crippen LogP contribution in [0.5, 0.6) is 0 Å². The number of benzene rings is 2. The fraction of sp³-hybridized carbons (Fsp3) is 0.235. The standard InChI is InChI=1S/C17H17NO2/c1-12-6-5-9-15(16(12)17(19)20)18-10-14(11-18)13-7-3-2-4-8-13/h2-9,14H,10-11H2,1H3,(H,19,20). The fourth-order valence-electron chi connectivity index (χ4n) is 2.81. The summed E-state index contributed by atoms with van der Waals surface area (Å²) in [5.41, 5.74) is 3.41. The Morgan fingerprint density at radius 3 is 2.45 bits per heavy atom. The van der Waals surface area contributed by atoms with Crippen molar-refractivity contribution in [2.75, 3.05) is 18.0 Å². The smallest absolute Gasteiger partial charge is 0.338 e. The summed E-state index contributed by atoms with van der Waals surface area (Å²) in [4.78, 5) is 13.6. The van der Waals surface area contributed by atoms with E-state index in [1.807, 2.05) is 43.3 Å². The van der Waals surface area contributed by atoms with Crippen LogP contribution in [-0.2, 0) is 0 Å². The number of hydrogen-bond acceptors (Lipinski definition) is 2. The number of anilines is 1. The number of aromatic carboxylic acids is 1. The Morgan fingerprint density at radius 1 is 1.10 bits per heavy atom. The van der Waals surface area contributed by atoms with E-state index in [2.05, 4.69) is 17.0 Å². The van der Waals surface area contributed by atoms with Gasteiger partial charge in [-0.25, -0.2) is 4.79 Å². The Balaban J connectivity index is 1.81. The third-order valence-electron chi connectivity index (χ3n) is 3.96. The van der Waals surface area contributed by atoms with Crippen LogP contribution in [0.15, 0.2) is 48.5 Å². The van der Waals surface area contributed by atoms with Gasteiger partial charge in [0.1, 0.15) is 0 Å². The fourth-order valence-corrected chi connectivity index (χ4v) is 2.81. The second-order valence-electron chi connectivity index (χ2n) is 5.29. The molecule has 1 N–H and O–H groups in total. The number of aryl methyl sites for hydroxylation is 1. The van der Waals surface area contributed by atoms with Gasteiger partial charge in [-0.2, -0.15) is 0 Å². The predicted molar refractivity (Wildman–Crippen MR) is 79.5 cm³/mol. The van der Waals surface area contributed by atoms with E-state index in [0.717, 1.165) is 24.3 Å². The number of carboxylic acids is 1. The molecule has 0 unspecified atom stereocenters. The zero-order chi connectivity index (χ0) is 14.1. The zero-order valence-electron chi connectivity index (χ0n) is 11.4. The lowest BCUT2D eigenvalue weighted by Crippen LogP contribution is -2.45. The van der Waals surface area contributed by atoms with E-state index in [4.69, 9.17) is 0 Å². The van der Waals surface area contributed by atoms with E-state index in [9.17, 15) is 9.90 Å². The number of rotatable bonds is 3.